The van der Waals surface area contributed by atoms with E-state index in [1.54, 1.807) is 12.1 Å². The third-order valence-corrected chi connectivity index (χ3v) is 4.09. The fourth-order valence-corrected chi connectivity index (χ4v) is 3.01. The second kappa shape index (κ2) is 5.76. The van der Waals surface area contributed by atoms with Crippen molar-refractivity contribution in [3.8, 4) is 0 Å². The van der Waals surface area contributed by atoms with E-state index in [0.717, 1.165) is 27.6 Å². The van der Waals surface area contributed by atoms with Gasteiger partial charge in [-0.05, 0) is 28.6 Å². The van der Waals surface area contributed by atoms with E-state index in [4.69, 9.17) is 5.73 Å². The summed E-state index contributed by atoms with van der Waals surface area (Å²) in [5.41, 5.74) is 9.58. The van der Waals surface area contributed by atoms with Gasteiger partial charge in [0.05, 0.1) is 10.6 Å². The molecule has 4 rings (SSSR count). The van der Waals surface area contributed by atoms with Gasteiger partial charge in [0.2, 0.25) is 0 Å². The van der Waals surface area contributed by atoms with Crippen LogP contribution in [-0.4, -0.2) is 10.9 Å². The third kappa shape index (κ3) is 2.70. The summed E-state index contributed by atoms with van der Waals surface area (Å²) in [6, 6.07) is 16.1. The lowest BCUT2D eigenvalue weighted by molar-refractivity contribution is -0.384. The van der Waals surface area contributed by atoms with Crippen LogP contribution in [0.2, 0.25) is 0 Å². The maximum atomic E-state index is 10.9. The second-order valence-electron chi connectivity index (χ2n) is 5.71. The normalized spacial score (nSPS) is 12.6. The number of non-ortho nitro benzene ring substituents is 1. The van der Waals surface area contributed by atoms with E-state index < -0.39 is 4.92 Å². The summed E-state index contributed by atoms with van der Waals surface area (Å²) in [5.74, 6) is 0.173. The molecule has 0 amide bonds. The quantitative estimate of drug-likeness (QED) is 0.253. The van der Waals surface area contributed by atoms with E-state index in [0.29, 0.717) is 5.69 Å². The molecule has 0 spiro atoms. The van der Waals surface area contributed by atoms with Crippen LogP contribution in [0.15, 0.2) is 59.6 Å². The van der Waals surface area contributed by atoms with E-state index in [1.165, 1.54) is 12.1 Å². The minimum atomic E-state index is -0.450. The fourth-order valence-electron chi connectivity index (χ4n) is 3.01. The van der Waals surface area contributed by atoms with Crippen LogP contribution in [0.4, 0.5) is 17.1 Å². The molecule has 6 heteroatoms. The monoisotopic (exact) mass is 330 g/mol. The van der Waals surface area contributed by atoms with Crippen molar-refractivity contribution in [1.82, 2.24) is 0 Å². The van der Waals surface area contributed by atoms with Gasteiger partial charge in [-0.3, -0.25) is 10.1 Å². The highest BCUT2D eigenvalue weighted by atomic mass is 16.6. The molecule has 0 heterocycles. The van der Waals surface area contributed by atoms with E-state index >= 15 is 0 Å². The SMILES string of the molecule is NC(=Nc1ccc2c3c(cccc13)C=C2)Nc1cccc([N+](=O)[O-])c1. The molecule has 122 valence electrons. The van der Waals surface area contributed by atoms with Crippen molar-refractivity contribution < 1.29 is 4.92 Å². The molecule has 0 unspecified atom stereocenters. The average Bonchev–Trinajstić information content (AvgIpc) is 3.02. The number of nitro benzene ring substituents is 1. The summed E-state index contributed by atoms with van der Waals surface area (Å²) >= 11 is 0. The number of guanidine groups is 1. The van der Waals surface area contributed by atoms with Gasteiger partial charge >= 0.3 is 0 Å². The van der Waals surface area contributed by atoms with Gasteiger partial charge < -0.3 is 11.1 Å². The molecule has 0 radical (unpaired) electrons. The van der Waals surface area contributed by atoms with E-state index in [1.807, 2.05) is 24.3 Å². The number of aliphatic imine (C=N–C) groups is 1. The summed E-state index contributed by atoms with van der Waals surface area (Å²) in [5, 5.41) is 15.9. The van der Waals surface area contributed by atoms with E-state index in [9.17, 15) is 10.1 Å². The topological polar surface area (TPSA) is 93.5 Å². The van der Waals surface area contributed by atoms with Crippen LogP contribution in [0.5, 0.6) is 0 Å². The van der Waals surface area contributed by atoms with Gasteiger partial charge in [0, 0.05) is 23.2 Å². The zero-order valence-corrected chi connectivity index (χ0v) is 13.1. The van der Waals surface area contributed by atoms with Crippen LogP contribution < -0.4 is 11.1 Å². The molecule has 0 aliphatic heterocycles. The summed E-state index contributed by atoms with van der Waals surface area (Å²) in [7, 11) is 0. The number of hydrogen-bond acceptors (Lipinski definition) is 3. The van der Waals surface area contributed by atoms with Crippen molar-refractivity contribution in [3.05, 3.63) is 75.8 Å². The zero-order valence-electron chi connectivity index (χ0n) is 13.1. The Morgan fingerprint density at radius 3 is 2.60 bits per heavy atom. The number of rotatable bonds is 3. The number of nitrogens with two attached hydrogens (primary N) is 1. The summed E-state index contributed by atoms with van der Waals surface area (Å²) in [6.45, 7) is 0. The van der Waals surface area contributed by atoms with Crippen molar-refractivity contribution in [1.29, 1.82) is 0 Å². The van der Waals surface area contributed by atoms with Crippen molar-refractivity contribution in [2.75, 3.05) is 5.32 Å². The van der Waals surface area contributed by atoms with Crippen LogP contribution >= 0.6 is 0 Å². The second-order valence-corrected chi connectivity index (χ2v) is 5.71. The summed E-state index contributed by atoms with van der Waals surface area (Å²) in [6.07, 6.45) is 4.16. The Morgan fingerprint density at radius 2 is 1.80 bits per heavy atom. The predicted molar refractivity (Wildman–Crippen MR) is 101 cm³/mol. The Hall–Kier alpha value is -3.67. The highest BCUT2D eigenvalue weighted by Gasteiger charge is 2.12. The minimum absolute atomic E-state index is 0.00536. The molecule has 0 bridgehead atoms. The molecule has 0 saturated heterocycles. The standard InChI is InChI=1S/C19H14N4O2/c20-19(21-14-4-2-5-15(11-14)23(24)25)22-17-10-9-13-8-7-12-3-1-6-16(17)18(12)13/h1-11H,(H3,20,21,22). The summed E-state index contributed by atoms with van der Waals surface area (Å²) < 4.78 is 0. The molecule has 6 nitrogen and oxygen atoms in total. The molecule has 0 aromatic heterocycles. The first kappa shape index (κ1) is 14.9. The molecule has 3 aromatic rings. The minimum Gasteiger partial charge on any atom is -0.369 e. The molecular weight excluding hydrogens is 316 g/mol. The van der Waals surface area contributed by atoms with Gasteiger partial charge in [-0.25, -0.2) is 4.99 Å². The van der Waals surface area contributed by atoms with Gasteiger partial charge in [0.1, 0.15) is 0 Å². The Morgan fingerprint density at radius 1 is 1.04 bits per heavy atom. The van der Waals surface area contributed by atoms with Crippen molar-refractivity contribution >= 4 is 45.9 Å². The third-order valence-electron chi connectivity index (χ3n) is 4.09. The maximum absolute atomic E-state index is 10.9. The molecule has 0 fully saturated rings. The predicted octanol–water partition coefficient (Wildman–Crippen LogP) is 4.29. The highest BCUT2D eigenvalue weighted by molar-refractivity contribution is 6.09. The van der Waals surface area contributed by atoms with Crippen LogP contribution in [0, 0.1) is 10.1 Å². The van der Waals surface area contributed by atoms with Crippen molar-refractivity contribution in [3.63, 3.8) is 0 Å². The molecule has 3 N–H and O–H groups in total. The number of benzene rings is 3. The summed E-state index contributed by atoms with van der Waals surface area (Å²) in [4.78, 5) is 14.9. The average molecular weight is 330 g/mol. The first-order valence-electron chi connectivity index (χ1n) is 7.71. The van der Waals surface area contributed by atoms with Gasteiger partial charge in [0.25, 0.3) is 5.69 Å². The van der Waals surface area contributed by atoms with Gasteiger partial charge in [0.15, 0.2) is 5.96 Å². The van der Waals surface area contributed by atoms with Crippen LogP contribution in [0.3, 0.4) is 0 Å². The van der Waals surface area contributed by atoms with Gasteiger partial charge in [-0.2, -0.15) is 0 Å². The van der Waals surface area contributed by atoms with Crippen molar-refractivity contribution in [2.24, 2.45) is 10.7 Å². The lowest BCUT2D eigenvalue weighted by Gasteiger charge is -2.08. The van der Waals surface area contributed by atoms with Crippen molar-refractivity contribution in [2.45, 2.75) is 0 Å². The Kier molecular flexibility index (Phi) is 3.43. The first-order chi connectivity index (χ1) is 12.1. The molecule has 1 aliphatic carbocycles. The molecule has 3 aromatic carbocycles. The molecular formula is C19H14N4O2. The molecule has 0 saturated carbocycles. The van der Waals surface area contributed by atoms with E-state index in [2.05, 4.69) is 28.5 Å². The highest BCUT2D eigenvalue weighted by Crippen LogP contribution is 2.36. The zero-order chi connectivity index (χ0) is 17.4. The smallest absolute Gasteiger partial charge is 0.271 e. The number of nitrogens with zero attached hydrogens (tertiary/aromatic N) is 2. The number of anilines is 1. The number of hydrogen-bond donors (Lipinski definition) is 2. The largest absolute Gasteiger partial charge is 0.369 e. The van der Waals surface area contributed by atoms with Crippen LogP contribution in [-0.2, 0) is 0 Å². The van der Waals surface area contributed by atoms with Crippen LogP contribution in [0.25, 0.3) is 22.9 Å². The lowest BCUT2D eigenvalue weighted by Crippen LogP contribution is -2.21. The lowest BCUT2D eigenvalue weighted by atomic mass is 10.0. The maximum Gasteiger partial charge on any atom is 0.271 e. The Bertz CT molecular complexity index is 1060. The van der Waals surface area contributed by atoms with Gasteiger partial charge in [-0.1, -0.05) is 42.5 Å². The first-order valence-corrected chi connectivity index (χ1v) is 7.71. The Labute approximate surface area is 143 Å². The van der Waals surface area contributed by atoms with Crippen LogP contribution in [0.1, 0.15) is 11.1 Å². The van der Waals surface area contributed by atoms with E-state index in [-0.39, 0.29) is 11.6 Å². The number of nitrogens with one attached hydrogen (secondary N) is 1. The molecule has 1 aliphatic rings. The molecule has 0 atom stereocenters. The number of nitro groups is 1. The fraction of sp³-hybridized carbons (Fsp3) is 0. The van der Waals surface area contributed by atoms with Gasteiger partial charge in [-0.15, -0.1) is 0 Å². The Balaban J connectivity index is 1.69. The molecule has 25 heavy (non-hydrogen) atoms.